The van der Waals surface area contributed by atoms with Crippen LogP contribution in [0, 0.1) is 0 Å². The summed E-state index contributed by atoms with van der Waals surface area (Å²) in [4.78, 5) is 0. The minimum absolute atomic E-state index is 0.891. The third kappa shape index (κ3) is 5.26. The summed E-state index contributed by atoms with van der Waals surface area (Å²) in [5.41, 5.74) is 2.36. The Morgan fingerprint density at radius 3 is 1.93 bits per heavy atom. The van der Waals surface area contributed by atoms with Crippen LogP contribution in [0.15, 0.2) is 30.8 Å². The minimum Gasteiger partial charge on any atom is -0.497 e. The van der Waals surface area contributed by atoms with E-state index >= 15 is 0 Å². The van der Waals surface area contributed by atoms with Crippen molar-refractivity contribution in [1.82, 2.24) is 0 Å². The lowest BCUT2D eigenvalue weighted by molar-refractivity contribution is 0.415. The molecule has 0 aromatic heterocycles. The van der Waals surface area contributed by atoms with Crippen LogP contribution >= 0.6 is 0 Å². The highest BCUT2D eigenvalue weighted by Gasteiger charge is 1.95. The Morgan fingerprint density at radius 2 is 1.60 bits per heavy atom. The molecule has 0 unspecified atom stereocenters. The number of rotatable bonds is 3. The summed E-state index contributed by atoms with van der Waals surface area (Å²) in [6.07, 6.45) is 2.24. The summed E-state index contributed by atoms with van der Waals surface area (Å²) < 4.78 is 5.05. The monoisotopic (exact) mass is 206 g/mol. The van der Waals surface area contributed by atoms with E-state index in [1.807, 2.05) is 24.3 Å². The van der Waals surface area contributed by atoms with Gasteiger partial charge >= 0.3 is 0 Å². The molecule has 1 rings (SSSR count). The molecule has 0 aliphatic carbocycles. The number of ether oxygens (including phenoxy) is 1. The Labute approximate surface area is 93.8 Å². The van der Waals surface area contributed by atoms with Crippen LogP contribution in [0.5, 0.6) is 5.75 Å². The second-order valence-corrected chi connectivity index (χ2v) is 3.39. The normalized spacial score (nSPS) is 8.80. The second kappa shape index (κ2) is 8.10. The van der Waals surface area contributed by atoms with Crippen molar-refractivity contribution in [3.8, 4) is 5.75 Å². The summed E-state index contributed by atoms with van der Waals surface area (Å²) in [6, 6.07) is 7.97. The minimum atomic E-state index is 0.891. The summed E-state index contributed by atoms with van der Waals surface area (Å²) >= 11 is 0. The molecule has 1 aromatic rings. The summed E-state index contributed by atoms with van der Waals surface area (Å²) in [6.45, 7) is 10.3. The van der Waals surface area contributed by atoms with Gasteiger partial charge in [0.2, 0.25) is 0 Å². The van der Waals surface area contributed by atoms with Crippen molar-refractivity contribution in [3.63, 3.8) is 0 Å². The van der Waals surface area contributed by atoms with E-state index in [2.05, 4.69) is 27.4 Å². The van der Waals surface area contributed by atoms with Crippen LogP contribution in [0.1, 0.15) is 39.2 Å². The smallest absolute Gasteiger partial charge is 0.118 e. The molecule has 1 heteroatoms. The second-order valence-electron chi connectivity index (χ2n) is 3.39. The molecular formula is C14H22O. The van der Waals surface area contributed by atoms with Gasteiger partial charge in [-0.05, 0) is 29.7 Å². The van der Waals surface area contributed by atoms with Crippen LogP contribution in [-0.4, -0.2) is 7.11 Å². The molecule has 0 bridgehead atoms. The average molecular weight is 206 g/mol. The van der Waals surface area contributed by atoms with Gasteiger partial charge in [-0.1, -0.05) is 45.9 Å². The molecule has 0 saturated heterocycles. The molecule has 0 N–H and O–H groups in total. The van der Waals surface area contributed by atoms with Gasteiger partial charge in [0.15, 0.2) is 0 Å². The molecule has 0 saturated carbocycles. The lowest BCUT2D eigenvalue weighted by Crippen LogP contribution is -1.84. The fourth-order valence-electron chi connectivity index (χ4n) is 1.03. The summed E-state index contributed by atoms with van der Waals surface area (Å²) in [7, 11) is 1.67. The van der Waals surface area contributed by atoms with Crippen molar-refractivity contribution >= 4 is 5.57 Å². The maximum Gasteiger partial charge on any atom is 0.118 e. The van der Waals surface area contributed by atoms with E-state index in [0.717, 1.165) is 17.7 Å². The van der Waals surface area contributed by atoms with Gasteiger partial charge in [-0.15, -0.1) is 0 Å². The SMILES string of the molecule is C=C(CC)c1ccc(OC)cc1.CCC. The van der Waals surface area contributed by atoms with E-state index in [4.69, 9.17) is 4.74 Å². The zero-order valence-corrected chi connectivity index (χ0v) is 10.3. The van der Waals surface area contributed by atoms with Gasteiger partial charge in [-0.2, -0.15) is 0 Å². The van der Waals surface area contributed by atoms with Gasteiger partial charge in [-0.3, -0.25) is 0 Å². The molecule has 0 spiro atoms. The summed E-state index contributed by atoms with van der Waals surface area (Å²) in [5.74, 6) is 0.891. The zero-order valence-electron chi connectivity index (χ0n) is 10.3. The first-order valence-electron chi connectivity index (χ1n) is 5.51. The molecule has 0 aliphatic heterocycles. The first-order chi connectivity index (χ1) is 7.19. The molecular weight excluding hydrogens is 184 g/mol. The van der Waals surface area contributed by atoms with Crippen LogP contribution in [0.3, 0.4) is 0 Å². The molecule has 1 nitrogen and oxygen atoms in total. The third-order valence-electron chi connectivity index (χ3n) is 1.93. The van der Waals surface area contributed by atoms with Crippen LogP contribution in [0.2, 0.25) is 0 Å². The predicted molar refractivity (Wildman–Crippen MR) is 68.3 cm³/mol. The molecule has 1 aromatic carbocycles. The van der Waals surface area contributed by atoms with Gasteiger partial charge in [-0.25, -0.2) is 0 Å². The van der Waals surface area contributed by atoms with Gasteiger partial charge < -0.3 is 4.74 Å². The van der Waals surface area contributed by atoms with E-state index in [1.54, 1.807) is 7.11 Å². The summed E-state index contributed by atoms with van der Waals surface area (Å²) in [5, 5.41) is 0. The van der Waals surface area contributed by atoms with Crippen LogP contribution in [0.4, 0.5) is 0 Å². The topological polar surface area (TPSA) is 9.23 Å². The zero-order chi connectivity index (χ0) is 11.7. The maximum atomic E-state index is 5.05. The van der Waals surface area contributed by atoms with Crippen molar-refractivity contribution in [3.05, 3.63) is 36.4 Å². The number of benzene rings is 1. The molecule has 0 amide bonds. The highest BCUT2D eigenvalue weighted by Crippen LogP contribution is 2.18. The Morgan fingerprint density at radius 1 is 1.13 bits per heavy atom. The molecule has 0 aliphatic rings. The van der Waals surface area contributed by atoms with Gasteiger partial charge in [0.05, 0.1) is 7.11 Å². The van der Waals surface area contributed by atoms with Crippen molar-refractivity contribution in [1.29, 1.82) is 0 Å². The average Bonchev–Trinajstić information content (AvgIpc) is 2.29. The van der Waals surface area contributed by atoms with E-state index in [-0.39, 0.29) is 0 Å². The van der Waals surface area contributed by atoms with E-state index in [9.17, 15) is 0 Å². The first-order valence-corrected chi connectivity index (χ1v) is 5.51. The lowest BCUT2D eigenvalue weighted by atomic mass is 10.1. The number of allylic oxidation sites excluding steroid dienone is 1. The van der Waals surface area contributed by atoms with Crippen molar-refractivity contribution in [2.24, 2.45) is 0 Å². The standard InChI is InChI=1S/C11H14O.C3H8/c1-4-9(2)10-5-7-11(12-3)8-6-10;1-3-2/h5-8H,2,4H2,1,3H3;3H2,1-2H3. The van der Waals surface area contributed by atoms with Crippen LogP contribution in [-0.2, 0) is 0 Å². The lowest BCUT2D eigenvalue weighted by Gasteiger charge is -2.03. The molecule has 84 valence electrons. The number of hydrogen-bond donors (Lipinski definition) is 0. The highest BCUT2D eigenvalue weighted by atomic mass is 16.5. The van der Waals surface area contributed by atoms with Crippen molar-refractivity contribution in [2.45, 2.75) is 33.6 Å². The fourth-order valence-corrected chi connectivity index (χ4v) is 1.03. The van der Waals surface area contributed by atoms with Gasteiger partial charge in [0.1, 0.15) is 5.75 Å². The molecule has 15 heavy (non-hydrogen) atoms. The number of methoxy groups -OCH3 is 1. The van der Waals surface area contributed by atoms with Crippen LogP contribution < -0.4 is 4.74 Å². The molecule has 0 atom stereocenters. The van der Waals surface area contributed by atoms with E-state index in [1.165, 1.54) is 12.0 Å². The van der Waals surface area contributed by atoms with E-state index in [0.29, 0.717) is 0 Å². The Kier molecular flexibility index (Phi) is 7.43. The first kappa shape index (κ1) is 13.8. The highest BCUT2D eigenvalue weighted by molar-refractivity contribution is 5.63. The fraction of sp³-hybridized carbons (Fsp3) is 0.429. The predicted octanol–water partition coefficient (Wildman–Crippen LogP) is 4.53. The van der Waals surface area contributed by atoms with Crippen LogP contribution in [0.25, 0.3) is 5.57 Å². The largest absolute Gasteiger partial charge is 0.497 e. The maximum absolute atomic E-state index is 5.05. The Bertz CT molecular complexity index is 272. The molecule has 0 heterocycles. The molecule has 0 radical (unpaired) electrons. The van der Waals surface area contributed by atoms with Crippen molar-refractivity contribution < 1.29 is 4.74 Å². The van der Waals surface area contributed by atoms with Crippen molar-refractivity contribution in [2.75, 3.05) is 7.11 Å². The Balaban J connectivity index is 0.000000583. The van der Waals surface area contributed by atoms with Gasteiger partial charge in [0.25, 0.3) is 0 Å². The number of hydrogen-bond acceptors (Lipinski definition) is 1. The van der Waals surface area contributed by atoms with E-state index < -0.39 is 0 Å². The Hall–Kier alpha value is -1.24. The quantitative estimate of drug-likeness (QED) is 0.705. The van der Waals surface area contributed by atoms with Gasteiger partial charge in [0, 0.05) is 0 Å². The molecule has 0 fully saturated rings. The third-order valence-corrected chi connectivity index (χ3v) is 1.93.